The van der Waals surface area contributed by atoms with E-state index >= 15 is 0 Å². The van der Waals surface area contributed by atoms with Gasteiger partial charge in [0.25, 0.3) is 0 Å². The van der Waals surface area contributed by atoms with E-state index < -0.39 is 0 Å². The molecule has 1 aliphatic rings. The second-order valence-electron chi connectivity index (χ2n) is 7.19. The molecule has 3 aromatic rings. The number of benzene rings is 2. The average molecular weight is 318 g/mol. The molecule has 0 amide bonds. The predicted molar refractivity (Wildman–Crippen MR) is 95.3 cm³/mol. The molecule has 1 heterocycles. The summed E-state index contributed by atoms with van der Waals surface area (Å²) in [6, 6.07) is 16.5. The van der Waals surface area contributed by atoms with Gasteiger partial charge in [-0.2, -0.15) is 4.57 Å². The highest BCUT2D eigenvalue weighted by Crippen LogP contribution is 2.52. The van der Waals surface area contributed by atoms with Crippen molar-refractivity contribution in [2.45, 2.75) is 26.2 Å². The van der Waals surface area contributed by atoms with E-state index in [-0.39, 0.29) is 11.2 Å². The fourth-order valence-electron chi connectivity index (χ4n) is 4.06. The minimum absolute atomic E-state index is 0.0209. The van der Waals surface area contributed by atoms with Gasteiger partial charge in [-0.3, -0.25) is 0 Å². The normalized spacial score (nSPS) is 14.4. The number of hydrogen-bond donors (Lipinski definition) is 0. The molecule has 1 nitrogen and oxygen atoms in total. The molecule has 2 heteroatoms. The summed E-state index contributed by atoms with van der Waals surface area (Å²) in [5.74, 6) is -0.216. The Hall–Kier alpha value is -2.48. The van der Waals surface area contributed by atoms with E-state index in [1.54, 1.807) is 12.3 Å². The lowest BCUT2D eigenvalue weighted by Gasteiger charge is -2.21. The number of halogens is 1. The molecule has 120 valence electrons. The van der Waals surface area contributed by atoms with Crippen molar-refractivity contribution >= 4 is 0 Å². The van der Waals surface area contributed by atoms with Crippen molar-refractivity contribution < 1.29 is 8.96 Å². The highest BCUT2D eigenvalue weighted by molar-refractivity contribution is 5.92. The van der Waals surface area contributed by atoms with E-state index in [1.807, 2.05) is 17.7 Å². The third-order valence-corrected chi connectivity index (χ3v) is 5.31. The van der Waals surface area contributed by atoms with Gasteiger partial charge in [-0.1, -0.05) is 50.2 Å². The van der Waals surface area contributed by atoms with Gasteiger partial charge < -0.3 is 0 Å². The first kappa shape index (κ1) is 15.1. The van der Waals surface area contributed by atoms with Crippen molar-refractivity contribution in [2.75, 3.05) is 0 Å². The minimum atomic E-state index is -0.216. The van der Waals surface area contributed by atoms with Crippen molar-refractivity contribution in [3.8, 4) is 22.4 Å². The number of nitrogens with zero attached hydrogens (tertiary/aromatic N) is 1. The zero-order valence-electron chi connectivity index (χ0n) is 14.5. The Bertz CT molecular complexity index is 970. The molecule has 0 saturated heterocycles. The molecule has 0 unspecified atom stereocenters. The van der Waals surface area contributed by atoms with Gasteiger partial charge in [0, 0.05) is 17.0 Å². The zero-order valence-corrected chi connectivity index (χ0v) is 14.5. The van der Waals surface area contributed by atoms with E-state index in [2.05, 4.69) is 57.2 Å². The maximum absolute atomic E-state index is 13.6. The molecule has 0 saturated carbocycles. The third-order valence-electron chi connectivity index (χ3n) is 5.31. The fourth-order valence-corrected chi connectivity index (χ4v) is 4.06. The molecule has 4 rings (SSSR count). The van der Waals surface area contributed by atoms with Gasteiger partial charge in [-0.15, -0.1) is 0 Å². The van der Waals surface area contributed by atoms with Gasteiger partial charge in [-0.05, 0) is 35.2 Å². The summed E-state index contributed by atoms with van der Waals surface area (Å²) >= 11 is 0. The summed E-state index contributed by atoms with van der Waals surface area (Å²) in [6.45, 7) is 6.69. The van der Waals surface area contributed by atoms with Crippen LogP contribution in [0.25, 0.3) is 22.4 Å². The maximum Gasteiger partial charge on any atom is 0.213 e. The van der Waals surface area contributed by atoms with Crippen LogP contribution in [0.1, 0.15) is 30.5 Å². The molecule has 2 aromatic carbocycles. The molecular formula is C22H21FN+. The summed E-state index contributed by atoms with van der Waals surface area (Å²) in [5, 5.41) is 0. The molecule has 0 N–H and O–H groups in total. The predicted octanol–water partition coefficient (Wildman–Crippen LogP) is 4.93. The van der Waals surface area contributed by atoms with Crippen LogP contribution in [0.15, 0.2) is 54.7 Å². The van der Waals surface area contributed by atoms with Gasteiger partial charge in [-0.25, -0.2) is 4.39 Å². The Labute approximate surface area is 142 Å². The number of hydrogen-bond acceptors (Lipinski definition) is 0. The van der Waals surface area contributed by atoms with Crippen molar-refractivity contribution in [1.82, 2.24) is 0 Å². The summed E-state index contributed by atoms with van der Waals surface area (Å²) in [6.07, 6.45) is 1.54. The largest absolute Gasteiger partial charge is 0.213 e. The van der Waals surface area contributed by atoms with Crippen LogP contribution in [0, 0.1) is 12.7 Å². The minimum Gasteiger partial charge on any atom is -0.200 e. The summed E-state index contributed by atoms with van der Waals surface area (Å²) in [7, 11) is 1.91. The van der Waals surface area contributed by atoms with Crippen LogP contribution in [0.4, 0.5) is 4.39 Å². The molecule has 0 fully saturated rings. The van der Waals surface area contributed by atoms with Crippen molar-refractivity contribution in [3.05, 3.63) is 77.2 Å². The second kappa shape index (κ2) is 5.01. The average Bonchev–Trinajstić information content (AvgIpc) is 2.77. The monoisotopic (exact) mass is 318 g/mol. The number of rotatable bonds is 1. The Balaban J connectivity index is 2.12. The zero-order chi connectivity index (χ0) is 17.1. The number of fused-ring (bicyclic) bond motifs is 3. The standard InChI is InChI=1S/C22H21FN/c1-14-9-11-18-21(16-7-5-6-8-17(16)22(18,2)3)20(14)19-12-10-15(23)13-24(19)4/h5-13H,1-4H3/q+1. The maximum atomic E-state index is 13.6. The summed E-state index contributed by atoms with van der Waals surface area (Å²) in [4.78, 5) is 0. The molecule has 0 spiro atoms. The molecule has 1 aliphatic carbocycles. The summed E-state index contributed by atoms with van der Waals surface area (Å²) < 4.78 is 15.5. The van der Waals surface area contributed by atoms with E-state index in [9.17, 15) is 4.39 Å². The quantitative estimate of drug-likeness (QED) is 0.560. The Morgan fingerprint density at radius 3 is 2.38 bits per heavy atom. The van der Waals surface area contributed by atoms with Gasteiger partial charge in [0.15, 0.2) is 5.82 Å². The van der Waals surface area contributed by atoms with Crippen LogP contribution in [-0.4, -0.2) is 0 Å². The Morgan fingerprint density at radius 2 is 1.62 bits per heavy atom. The lowest BCUT2D eigenvalue weighted by atomic mass is 9.81. The van der Waals surface area contributed by atoms with Crippen LogP contribution in [-0.2, 0) is 12.5 Å². The topological polar surface area (TPSA) is 3.88 Å². The molecule has 0 radical (unpaired) electrons. The van der Waals surface area contributed by atoms with E-state index in [1.165, 1.54) is 33.4 Å². The van der Waals surface area contributed by atoms with Crippen molar-refractivity contribution in [1.29, 1.82) is 0 Å². The van der Waals surface area contributed by atoms with Crippen LogP contribution in [0.2, 0.25) is 0 Å². The lowest BCUT2D eigenvalue weighted by Crippen LogP contribution is -2.31. The van der Waals surface area contributed by atoms with Crippen LogP contribution in [0.5, 0.6) is 0 Å². The van der Waals surface area contributed by atoms with Crippen LogP contribution < -0.4 is 4.57 Å². The smallest absolute Gasteiger partial charge is 0.200 e. The Kier molecular flexibility index (Phi) is 3.14. The van der Waals surface area contributed by atoms with Crippen molar-refractivity contribution in [2.24, 2.45) is 7.05 Å². The Morgan fingerprint density at radius 1 is 0.875 bits per heavy atom. The molecule has 0 atom stereocenters. The van der Waals surface area contributed by atoms with Gasteiger partial charge in [0.05, 0.1) is 5.56 Å². The van der Waals surface area contributed by atoms with Crippen LogP contribution >= 0.6 is 0 Å². The first-order chi connectivity index (χ1) is 11.4. The molecule has 1 aromatic heterocycles. The lowest BCUT2D eigenvalue weighted by molar-refractivity contribution is -0.661. The van der Waals surface area contributed by atoms with Gasteiger partial charge in [0.2, 0.25) is 11.9 Å². The van der Waals surface area contributed by atoms with Gasteiger partial charge >= 0.3 is 0 Å². The molecule has 24 heavy (non-hydrogen) atoms. The van der Waals surface area contributed by atoms with Crippen molar-refractivity contribution in [3.63, 3.8) is 0 Å². The number of aromatic nitrogens is 1. The summed E-state index contributed by atoms with van der Waals surface area (Å²) in [5.41, 5.74) is 8.71. The highest BCUT2D eigenvalue weighted by atomic mass is 19.1. The first-order valence-corrected chi connectivity index (χ1v) is 8.31. The molecular weight excluding hydrogens is 297 g/mol. The number of pyridine rings is 1. The second-order valence-corrected chi connectivity index (χ2v) is 7.19. The van der Waals surface area contributed by atoms with E-state index in [0.717, 1.165) is 5.69 Å². The van der Waals surface area contributed by atoms with Crippen LogP contribution in [0.3, 0.4) is 0 Å². The highest BCUT2D eigenvalue weighted by Gasteiger charge is 2.38. The molecule has 0 bridgehead atoms. The first-order valence-electron chi connectivity index (χ1n) is 8.31. The van der Waals surface area contributed by atoms with Gasteiger partial charge in [0.1, 0.15) is 7.05 Å². The fraction of sp³-hybridized carbons (Fsp3) is 0.227. The number of aryl methyl sites for hydroxylation is 2. The third kappa shape index (κ3) is 1.96. The van der Waals surface area contributed by atoms with E-state index in [4.69, 9.17) is 0 Å². The van der Waals surface area contributed by atoms with E-state index in [0.29, 0.717) is 0 Å². The SMILES string of the molecule is Cc1ccc2c(c1-c1ccc(F)c[n+]1C)-c1ccccc1C2(C)C. The molecule has 0 aliphatic heterocycles.